The Labute approximate surface area is 136 Å². The van der Waals surface area contributed by atoms with E-state index in [4.69, 9.17) is 0 Å². The van der Waals surface area contributed by atoms with Gasteiger partial charge in [0.25, 0.3) is 0 Å². The molecule has 4 nitrogen and oxygen atoms in total. The molecule has 23 heavy (non-hydrogen) atoms. The van der Waals surface area contributed by atoms with Crippen LogP contribution in [-0.4, -0.2) is 24.0 Å². The van der Waals surface area contributed by atoms with E-state index < -0.39 is 0 Å². The molecule has 0 bridgehead atoms. The molecule has 0 atom stereocenters. The Morgan fingerprint density at radius 1 is 1.30 bits per heavy atom. The van der Waals surface area contributed by atoms with Crippen molar-refractivity contribution in [3.63, 3.8) is 0 Å². The van der Waals surface area contributed by atoms with Gasteiger partial charge in [0.05, 0.1) is 16.8 Å². The minimum absolute atomic E-state index is 0.110. The number of hydrogen-bond donors (Lipinski definition) is 1. The number of carbonyl (C=O) groups excluding carboxylic acids is 1. The quantitative estimate of drug-likeness (QED) is 0.801. The van der Waals surface area contributed by atoms with Crippen LogP contribution in [0.4, 0.5) is 15.2 Å². The molecule has 1 aliphatic heterocycles. The largest absolute Gasteiger partial charge is 0.362 e. The van der Waals surface area contributed by atoms with Crippen LogP contribution >= 0.6 is 11.3 Å². The smallest absolute Gasteiger partial charge is 0.245 e. The maximum absolute atomic E-state index is 13.2. The third-order valence-electron chi connectivity index (χ3n) is 3.91. The van der Waals surface area contributed by atoms with Gasteiger partial charge in [0.1, 0.15) is 5.82 Å². The minimum Gasteiger partial charge on any atom is -0.362 e. The van der Waals surface area contributed by atoms with Crippen LogP contribution in [0.25, 0.3) is 10.2 Å². The summed E-state index contributed by atoms with van der Waals surface area (Å²) < 4.78 is 13.9. The molecule has 6 heteroatoms. The second kappa shape index (κ2) is 5.62. The second-order valence-corrected chi connectivity index (χ2v) is 6.51. The Kier molecular flexibility index (Phi) is 3.46. The van der Waals surface area contributed by atoms with Gasteiger partial charge in [-0.2, -0.15) is 0 Å². The Hall–Kier alpha value is -2.47. The van der Waals surface area contributed by atoms with Crippen LogP contribution < -0.4 is 10.2 Å². The van der Waals surface area contributed by atoms with Crippen LogP contribution in [0.5, 0.6) is 0 Å². The molecule has 116 valence electrons. The van der Waals surface area contributed by atoms with Crippen LogP contribution in [0.1, 0.15) is 5.56 Å². The number of benzene rings is 2. The lowest BCUT2D eigenvalue weighted by Gasteiger charge is -2.18. The Balaban J connectivity index is 1.47. The summed E-state index contributed by atoms with van der Waals surface area (Å²) >= 11 is 1.28. The lowest BCUT2D eigenvalue weighted by molar-refractivity contribution is -0.115. The third-order valence-corrected chi connectivity index (χ3v) is 4.85. The molecule has 1 aromatic heterocycles. The molecule has 0 saturated carbocycles. The van der Waals surface area contributed by atoms with Crippen molar-refractivity contribution in [1.29, 1.82) is 0 Å². The number of para-hydroxylation sites is 1. The van der Waals surface area contributed by atoms with E-state index in [1.54, 1.807) is 6.07 Å². The zero-order chi connectivity index (χ0) is 15.8. The Morgan fingerprint density at radius 2 is 2.17 bits per heavy atom. The molecule has 2 aromatic carbocycles. The number of rotatable bonds is 3. The summed E-state index contributed by atoms with van der Waals surface area (Å²) in [6.07, 6.45) is 0.962. The highest BCUT2D eigenvalue weighted by Crippen LogP contribution is 2.28. The summed E-state index contributed by atoms with van der Waals surface area (Å²) in [5, 5.41) is 3.32. The molecule has 0 unspecified atom stereocenters. The molecule has 0 saturated heterocycles. The van der Waals surface area contributed by atoms with Crippen LogP contribution in [-0.2, 0) is 11.2 Å². The van der Waals surface area contributed by atoms with Crippen LogP contribution in [0, 0.1) is 5.82 Å². The first kappa shape index (κ1) is 14.1. The van der Waals surface area contributed by atoms with Crippen LogP contribution in [0.15, 0.2) is 42.5 Å². The zero-order valence-corrected chi connectivity index (χ0v) is 13.1. The van der Waals surface area contributed by atoms with E-state index in [0.29, 0.717) is 17.2 Å². The molecule has 4 rings (SSSR count). The average molecular weight is 327 g/mol. The van der Waals surface area contributed by atoms with E-state index in [2.05, 4.69) is 21.3 Å². The number of nitrogens with zero attached hydrogens (tertiary/aromatic N) is 2. The minimum atomic E-state index is -0.298. The molecule has 3 aromatic rings. The summed E-state index contributed by atoms with van der Waals surface area (Å²) in [7, 11) is 0. The van der Waals surface area contributed by atoms with Crippen molar-refractivity contribution in [3.8, 4) is 0 Å². The van der Waals surface area contributed by atoms with Gasteiger partial charge >= 0.3 is 0 Å². The zero-order valence-electron chi connectivity index (χ0n) is 12.3. The van der Waals surface area contributed by atoms with Crippen molar-refractivity contribution in [2.45, 2.75) is 6.42 Å². The number of amides is 1. The number of fused-ring (bicyclic) bond motifs is 2. The van der Waals surface area contributed by atoms with Gasteiger partial charge in [-0.1, -0.05) is 29.5 Å². The second-order valence-electron chi connectivity index (χ2n) is 5.48. The summed E-state index contributed by atoms with van der Waals surface area (Å²) in [4.78, 5) is 18.6. The molecule has 0 fully saturated rings. The van der Waals surface area contributed by atoms with Crippen LogP contribution in [0.3, 0.4) is 0 Å². The van der Waals surface area contributed by atoms with Gasteiger partial charge in [-0.05, 0) is 36.2 Å². The molecular formula is C17H14FN3OS. The normalized spacial score (nSPS) is 13.3. The summed E-state index contributed by atoms with van der Waals surface area (Å²) in [5.74, 6) is -0.408. The highest BCUT2D eigenvalue weighted by Gasteiger charge is 2.20. The molecule has 1 amide bonds. The van der Waals surface area contributed by atoms with E-state index in [-0.39, 0.29) is 11.7 Å². The fourth-order valence-corrected chi connectivity index (χ4v) is 3.76. The van der Waals surface area contributed by atoms with Gasteiger partial charge in [-0.3, -0.25) is 4.79 Å². The first-order chi connectivity index (χ1) is 11.2. The van der Waals surface area contributed by atoms with E-state index in [1.807, 2.05) is 18.2 Å². The SMILES string of the molecule is O=C(CN1CCc2ccccc21)Nc1nc2ccc(F)cc2s1. The topological polar surface area (TPSA) is 45.2 Å². The average Bonchev–Trinajstić information content (AvgIpc) is 3.11. The van der Waals surface area contributed by atoms with Gasteiger partial charge in [-0.15, -0.1) is 0 Å². The summed E-state index contributed by atoms with van der Waals surface area (Å²) in [6, 6.07) is 12.5. The number of aromatic nitrogens is 1. The number of hydrogen-bond acceptors (Lipinski definition) is 4. The number of thiazole rings is 1. The standard InChI is InChI=1S/C17H14FN3OS/c18-12-5-6-13-15(9-12)23-17(19-13)20-16(22)10-21-8-7-11-3-1-2-4-14(11)21/h1-6,9H,7-8,10H2,(H,19,20,22). The van der Waals surface area contributed by atoms with Crippen molar-refractivity contribution in [1.82, 2.24) is 4.98 Å². The van der Waals surface area contributed by atoms with Gasteiger partial charge in [0, 0.05) is 12.2 Å². The number of anilines is 2. The Bertz CT molecular complexity index is 892. The van der Waals surface area contributed by atoms with Crippen molar-refractivity contribution in [3.05, 3.63) is 53.8 Å². The van der Waals surface area contributed by atoms with Crippen molar-refractivity contribution in [2.75, 3.05) is 23.3 Å². The predicted octanol–water partition coefficient (Wildman–Crippen LogP) is 3.44. The van der Waals surface area contributed by atoms with Crippen molar-refractivity contribution in [2.24, 2.45) is 0 Å². The fourth-order valence-electron chi connectivity index (χ4n) is 2.85. The predicted molar refractivity (Wildman–Crippen MR) is 90.6 cm³/mol. The van der Waals surface area contributed by atoms with Gasteiger partial charge in [0.15, 0.2) is 5.13 Å². The molecular weight excluding hydrogens is 313 g/mol. The van der Waals surface area contributed by atoms with Crippen LogP contribution in [0.2, 0.25) is 0 Å². The summed E-state index contributed by atoms with van der Waals surface area (Å²) in [6.45, 7) is 1.14. The molecule has 0 spiro atoms. The Morgan fingerprint density at radius 3 is 3.09 bits per heavy atom. The first-order valence-corrected chi connectivity index (χ1v) is 8.19. The molecule has 1 N–H and O–H groups in total. The first-order valence-electron chi connectivity index (χ1n) is 7.38. The monoisotopic (exact) mass is 327 g/mol. The van der Waals surface area contributed by atoms with Crippen molar-refractivity contribution >= 4 is 38.3 Å². The number of nitrogens with one attached hydrogen (secondary N) is 1. The number of halogens is 1. The fraction of sp³-hybridized carbons (Fsp3) is 0.176. The third kappa shape index (κ3) is 2.77. The van der Waals surface area contributed by atoms with Gasteiger partial charge < -0.3 is 10.2 Å². The maximum atomic E-state index is 13.2. The molecule has 1 aliphatic rings. The highest BCUT2D eigenvalue weighted by atomic mass is 32.1. The van der Waals surface area contributed by atoms with Gasteiger partial charge in [-0.25, -0.2) is 9.37 Å². The highest BCUT2D eigenvalue weighted by molar-refractivity contribution is 7.22. The summed E-state index contributed by atoms with van der Waals surface area (Å²) in [5.41, 5.74) is 3.09. The molecule has 2 heterocycles. The van der Waals surface area contributed by atoms with E-state index in [9.17, 15) is 9.18 Å². The van der Waals surface area contributed by atoms with E-state index in [1.165, 1.54) is 29.0 Å². The lowest BCUT2D eigenvalue weighted by Crippen LogP contribution is -2.31. The molecule has 0 aliphatic carbocycles. The molecule has 0 radical (unpaired) electrons. The van der Waals surface area contributed by atoms with E-state index in [0.717, 1.165) is 23.4 Å². The van der Waals surface area contributed by atoms with Gasteiger partial charge in [0.2, 0.25) is 5.91 Å². The number of carbonyl (C=O) groups is 1. The maximum Gasteiger partial charge on any atom is 0.245 e. The lowest BCUT2D eigenvalue weighted by atomic mass is 10.2. The van der Waals surface area contributed by atoms with Crippen molar-refractivity contribution < 1.29 is 9.18 Å². The van der Waals surface area contributed by atoms with E-state index >= 15 is 0 Å².